The molecule has 0 aromatic carbocycles. The van der Waals surface area contributed by atoms with Gasteiger partial charge in [0.1, 0.15) is 5.15 Å². The summed E-state index contributed by atoms with van der Waals surface area (Å²) >= 11 is 5.78. The summed E-state index contributed by atoms with van der Waals surface area (Å²) in [6.45, 7) is 1.86. The van der Waals surface area contributed by atoms with Crippen LogP contribution in [0.5, 0.6) is 0 Å². The minimum Gasteiger partial charge on any atom is -0.469 e. The van der Waals surface area contributed by atoms with Crippen molar-refractivity contribution in [2.75, 3.05) is 7.11 Å². The lowest BCUT2D eigenvalue weighted by atomic mass is 10.2. The summed E-state index contributed by atoms with van der Waals surface area (Å²) in [7, 11) is 1.35. The molecular formula is C9H10ClNO2. The van der Waals surface area contributed by atoms with E-state index in [1.807, 2.05) is 13.0 Å². The molecule has 0 aliphatic heterocycles. The van der Waals surface area contributed by atoms with Crippen LogP contribution in [-0.2, 0) is 16.0 Å². The van der Waals surface area contributed by atoms with Crippen LogP contribution in [0.15, 0.2) is 12.1 Å². The van der Waals surface area contributed by atoms with Crippen LogP contribution in [0.4, 0.5) is 0 Å². The molecule has 1 rings (SSSR count). The Bertz CT molecular complexity index is 325. The molecule has 0 unspecified atom stereocenters. The van der Waals surface area contributed by atoms with Crippen molar-refractivity contribution in [2.24, 2.45) is 0 Å². The largest absolute Gasteiger partial charge is 0.469 e. The van der Waals surface area contributed by atoms with E-state index in [4.69, 9.17) is 11.6 Å². The minimum atomic E-state index is -0.313. The summed E-state index contributed by atoms with van der Waals surface area (Å²) in [6, 6.07) is 3.59. The third-order valence-electron chi connectivity index (χ3n) is 1.65. The Labute approximate surface area is 81.7 Å². The zero-order valence-electron chi connectivity index (χ0n) is 7.50. The van der Waals surface area contributed by atoms with E-state index >= 15 is 0 Å². The van der Waals surface area contributed by atoms with Crippen molar-refractivity contribution < 1.29 is 9.53 Å². The van der Waals surface area contributed by atoms with Crippen LogP contribution >= 0.6 is 11.6 Å². The van der Waals surface area contributed by atoms with Gasteiger partial charge in [0.15, 0.2) is 0 Å². The van der Waals surface area contributed by atoms with Gasteiger partial charge < -0.3 is 4.74 Å². The average molecular weight is 200 g/mol. The van der Waals surface area contributed by atoms with Crippen LogP contribution in [0, 0.1) is 6.92 Å². The van der Waals surface area contributed by atoms with Crippen LogP contribution in [0.2, 0.25) is 5.15 Å². The van der Waals surface area contributed by atoms with E-state index in [2.05, 4.69) is 9.72 Å². The summed E-state index contributed by atoms with van der Waals surface area (Å²) in [6.07, 6.45) is 0.163. The van der Waals surface area contributed by atoms with Gasteiger partial charge in [-0.15, -0.1) is 0 Å². The van der Waals surface area contributed by atoms with Crippen molar-refractivity contribution in [2.45, 2.75) is 13.3 Å². The monoisotopic (exact) mass is 199 g/mol. The Morgan fingerprint density at radius 1 is 1.62 bits per heavy atom. The number of methoxy groups -OCH3 is 1. The fourth-order valence-electron chi connectivity index (χ4n) is 0.860. The molecule has 0 aliphatic rings. The number of ether oxygens (including phenoxy) is 1. The topological polar surface area (TPSA) is 39.2 Å². The zero-order valence-corrected chi connectivity index (χ0v) is 8.26. The molecule has 4 heteroatoms. The highest BCUT2D eigenvalue weighted by Gasteiger charge is 2.05. The fourth-order valence-corrected chi connectivity index (χ4v) is 1.03. The predicted molar refractivity (Wildman–Crippen MR) is 49.7 cm³/mol. The molecule has 0 saturated heterocycles. The van der Waals surface area contributed by atoms with E-state index in [0.29, 0.717) is 10.8 Å². The maximum atomic E-state index is 10.9. The lowest BCUT2D eigenvalue weighted by Crippen LogP contribution is -2.06. The molecule has 3 nitrogen and oxygen atoms in total. The summed E-state index contributed by atoms with van der Waals surface area (Å²) in [5.74, 6) is -0.313. The van der Waals surface area contributed by atoms with Crippen molar-refractivity contribution in [1.82, 2.24) is 4.98 Å². The molecule has 1 aromatic heterocycles. The number of hydrogen-bond donors (Lipinski definition) is 0. The van der Waals surface area contributed by atoms with E-state index in [1.165, 1.54) is 7.11 Å². The number of rotatable bonds is 2. The Balaban J connectivity index is 2.79. The normalized spacial score (nSPS) is 9.77. The maximum Gasteiger partial charge on any atom is 0.311 e. The highest BCUT2D eigenvalue weighted by molar-refractivity contribution is 6.30. The average Bonchev–Trinajstić information content (AvgIpc) is 2.11. The first-order chi connectivity index (χ1) is 6.13. The minimum absolute atomic E-state index is 0.163. The smallest absolute Gasteiger partial charge is 0.311 e. The van der Waals surface area contributed by atoms with E-state index in [-0.39, 0.29) is 12.4 Å². The number of pyridine rings is 1. The van der Waals surface area contributed by atoms with Crippen LogP contribution in [0.3, 0.4) is 0 Å². The van der Waals surface area contributed by atoms with Crippen molar-refractivity contribution in [3.05, 3.63) is 28.5 Å². The third-order valence-corrected chi connectivity index (χ3v) is 2.03. The molecule has 13 heavy (non-hydrogen) atoms. The second kappa shape index (κ2) is 4.23. The second-order valence-corrected chi connectivity index (χ2v) is 3.02. The lowest BCUT2D eigenvalue weighted by Gasteiger charge is -2.01. The van der Waals surface area contributed by atoms with Crippen LogP contribution < -0.4 is 0 Å². The van der Waals surface area contributed by atoms with Gasteiger partial charge in [-0.25, -0.2) is 4.98 Å². The first-order valence-corrected chi connectivity index (χ1v) is 4.20. The van der Waals surface area contributed by atoms with Gasteiger partial charge in [-0.05, 0) is 18.6 Å². The van der Waals surface area contributed by atoms with Crippen LogP contribution in [0.25, 0.3) is 0 Å². The summed E-state index contributed by atoms with van der Waals surface area (Å²) in [5.41, 5.74) is 1.53. The van der Waals surface area contributed by atoms with Gasteiger partial charge in [-0.2, -0.15) is 0 Å². The highest BCUT2D eigenvalue weighted by Crippen LogP contribution is 2.12. The molecule has 0 saturated carbocycles. The summed E-state index contributed by atoms with van der Waals surface area (Å²) < 4.78 is 4.50. The number of hydrogen-bond acceptors (Lipinski definition) is 3. The third kappa shape index (κ3) is 2.70. The molecule has 0 spiro atoms. The highest BCUT2D eigenvalue weighted by atomic mass is 35.5. The van der Waals surface area contributed by atoms with Crippen LogP contribution in [-0.4, -0.2) is 18.1 Å². The van der Waals surface area contributed by atoms with Gasteiger partial charge in [0.25, 0.3) is 0 Å². The molecule has 0 atom stereocenters. The number of carbonyl (C=O) groups excluding carboxylic acids is 1. The van der Waals surface area contributed by atoms with E-state index < -0.39 is 0 Å². The Hall–Kier alpha value is -1.09. The maximum absolute atomic E-state index is 10.9. The molecule has 1 heterocycles. The number of esters is 1. The lowest BCUT2D eigenvalue weighted by molar-refractivity contribution is -0.139. The van der Waals surface area contributed by atoms with Gasteiger partial charge in [-0.1, -0.05) is 17.7 Å². The van der Waals surface area contributed by atoms with E-state index in [9.17, 15) is 4.79 Å². The number of aryl methyl sites for hydroxylation is 1. The quantitative estimate of drug-likeness (QED) is 0.538. The number of aromatic nitrogens is 1. The SMILES string of the molecule is COC(=O)Cc1ccc(C)c(Cl)n1. The summed E-state index contributed by atoms with van der Waals surface area (Å²) in [4.78, 5) is 14.9. The molecule has 0 fully saturated rings. The van der Waals surface area contributed by atoms with Gasteiger partial charge >= 0.3 is 5.97 Å². The zero-order chi connectivity index (χ0) is 9.84. The van der Waals surface area contributed by atoms with Gasteiger partial charge in [0.05, 0.1) is 19.2 Å². The first-order valence-electron chi connectivity index (χ1n) is 3.82. The Kier molecular flexibility index (Phi) is 3.25. The summed E-state index contributed by atoms with van der Waals surface area (Å²) in [5, 5.41) is 0.432. The fraction of sp³-hybridized carbons (Fsp3) is 0.333. The molecule has 0 bridgehead atoms. The molecule has 1 aromatic rings. The Morgan fingerprint density at radius 2 is 2.31 bits per heavy atom. The first kappa shape index (κ1) is 9.99. The van der Waals surface area contributed by atoms with Gasteiger partial charge in [0, 0.05) is 0 Å². The molecule has 70 valence electrons. The molecule has 0 radical (unpaired) electrons. The van der Waals surface area contributed by atoms with Crippen LogP contribution in [0.1, 0.15) is 11.3 Å². The van der Waals surface area contributed by atoms with Crippen molar-refractivity contribution >= 4 is 17.6 Å². The molecule has 0 amide bonds. The van der Waals surface area contributed by atoms with Crippen molar-refractivity contribution in [3.63, 3.8) is 0 Å². The molecule has 0 aliphatic carbocycles. The van der Waals surface area contributed by atoms with E-state index in [0.717, 1.165) is 5.56 Å². The van der Waals surface area contributed by atoms with Gasteiger partial charge in [-0.3, -0.25) is 4.79 Å². The van der Waals surface area contributed by atoms with E-state index in [1.54, 1.807) is 6.07 Å². The molecule has 0 N–H and O–H groups in total. The van der Waals surface area contributed by atoms with Crippen molar-refractivity contribution in [1.29, 1.82) is 0 Å². The van der Waals surface area contributed by atoms with Crippen molar-refractivity contribution in [3.8, 4) is 0 Å². The predicted octanol–water partition coefficient (Wildman–Crippen LogP) is 1.76. The standard InChI is InChI=1S/C9H10ClNO2/c1-6-3-4-7(11-9(6)10)5-8(12)13-2/h3-4H,5H2,1-2H3. The van der Waals surface area contributed by atoms with Gasteiger partial charge in [0.2, 0.25) is 0 Å². The number of nitrogens with zero attached hydrogens (tertiary/aromatic N) is 1. The second-order valence-electron chi connectivity index (χ2n) is 2.66. The Morgan fingerprint density at radius 3 is 2.85 bits per heavy atom. The molecular weight excluding hydrogens is 190 g/mol. The number of carbonyl (C=O) groups is 1. The number of halogens is 1.